The molecule has 1 heterocycles. The maximum Gasteiger partial charge on any atom is 0.227 e. The van der Waals surface area contributed by atoms with E-state index in [9.17, 15) is 4.79 Å². The van der Waals surface area contributed by atoms with Crippen molar-refractivity contribution >= 4 is 11.6 Å². The minimum Gasteiger partial charge on any atom is -0.497 e. The van der Waals surface area contributed by atoms with E-state index in [4.69, 9.17) is 4.74 Å². The fourth-order valence-corrected chi connectivity index (χ4v) is 3.14. The molecule has 2 aromatic rings. The van der Waals surface area contributed by atoms with Crippen LogP contribution >= 0.6 is 0 Å². The van der Waals surface area contributed by atoms with E-state index in [1.165, 1.54) is 0 Å². The van der Waals surface area contributed by atoms with Crippen molar-refractivity contribution in [2.24, 2.45) is 5.92 Å². The highest BCUT2D eigenvalue weighted by Crippen LogP contribution is 2.32. The number of anilines is 1. The molecular formula is C18H23N3O2. The summed E-state index contributed by atoms with van der Waals surface area (Å²) in [4.78, 5) is 12.5. The number of hydrogen-bond donors (Lipinski definition) is 2. The fraction of sp³-hybridized carbons (Fsp3) is 0.444. The Labute approximate surface area is 136 Å². The van der Waals surface area contributed by atoms with E-state index >= 15 is 0 Å². The highest BCUT2D eigenvalue weighted by Gasteiger charge is 2.25. The van der Waals surface area contributed by atoms with Crippen molar-refractivity contribution in [3.63, 3.8) is 0 Å². The number of hydrogen-bond acceptors (Lipinski definition) is 3. The first-order chi connectivity index (χ1) is 11.2. The van der Waals surface area contributed by atoms with Crippen LogP contribution in [0, 0.1) is 5.92 Å². The summed E-state index contributed by atoms with van der Waals surface area (Å²) < 4.78 is 5.20. The highest BCUT2D eigenvalue weighted by molar-refractivity contribution is 5.97. The molecule has 0 unspecified atom stereocenters. The first-order valence-electron chi connectivity index (χ1n) is 8.25. The third-order valence-electron chi connectivity index (χ3n) is 4.53. The van der Waals surface area contributed by atoms with Gasteiger partial charge in [0.15, 0.2) is 0 Å². The summed E-state index contributed by atoms with van der Waals surface area (Å²) in [5, 5.41) is 10.6. The van der Waals surface area contributed by atoms with Gasteiger partial charge in [0, 0.05) is 11.5 Å². The number of methoxy groups -OCH3 is 1. The van der Waals surface area contributed by atoms with Crippen LogP contribution in [0.2, 0.25) is 0 Å². The number of nitrogens with zero attached hydrogens (tertiary/aromatic N) is 1. The Bertz CT molecular complexity index is 670. The zero-order valence-corrected chi connectivity index (χ0v) is 13.7. The van der Waals surface area contributed by atoms with E-state index in [-0.39, 0.29) is 11.8 Å². The summed E-state index contributed by atoms with van der Waals surface area (Å²) in [5.41, 5.74) is 3.52. The van der Waals surface area contributed by atoms with Crippen LogP contribution in [0.15, 0.2) is 24.3 Å². The molecule has 0 atom stereocenters. The average molecular weight is 313 g/mol. The topological polar surface area (TPSA) is 67.0 Å². The minimum atomic E-state index is 0.119. The summed E-state index contributed by atoms with van der Waals surface area (Å²) in [7, 11) is 1.64. The van der Waals surface area contributed by atoms with Gasteiger partial charge in [-0.2, -0.15) is 5.10 Å². The second-order valence-electron chi connectivity index (χ2n) is 5.98. The molecule has 0 saturated heterocycles. The predicted octanol–water partition coefficient (Wildman–Crippen LogP) is 3.78. The van der Waals surface area contributed by atoms with Crippen LogP contribution in [0.3, 0.4) is 0 Å². The van der Waals surface area contributed by atoms with Gasteiger partial charge in [0.2, 0.25) is 5.91 Å². The molecule has 3 rings (SSSR count). The number of carbonyl (C=O) groups excluding carboxylic acids is 1. The second kappa shape index (κ2) is 6.86. The Morgan fingerprint density at radius 3 is 2.61 bits per heavy atom. The normalized spacial score (nSPS) is 14.9. The monoisotopic (exact) mass is 313 g/mol. The second-order valence-corrected chi connectivity index (χ2v) is 5.98. The lowest BCUT2D eigenvalue weighted by Gasteiger charge is -2.12. The third kappa shape index (κ3) is 3.23. The Balaban J connectivity index is 1.88. The minimum absolute atomic E-state index is 0.119. The van der Waals surface area contributed by atoms with E-state index in [0.29, 0.717) is 0 Å². The van der Waals surface area contributed by atoms with Gasteiger partial charge >= 0.3 is 0 Å². The van der Waals surface area contributed by atoms with Crippen LogP contribution in [0.25, 0.3) is 11.3 Å². The molecule has 5 nitrogen and oxygen atoms in total. The predicted molar refractivity (Wildman–Crippen MR) is 90.5 cm³/mol. The summed E-state index contributed by atoms with van der Waals surface area (Å²) in [6, 6.07) is 7.72. The smallest absolute Gasteiger partial charge is 0.227 e. The van der Waals surface area contributed by atoms with E-state index < -0.39 is 0 Å². The molecule has 0 spiro atoms. The third-order valence-corrected chi connectivity index (χ3v) is 4.53. The largest absolute Gasteiger partial charge is 0.497 e. The number of aryl methyl sites for hydroxylation is 1. The van der Waals surface area contributed by atoms with Gasteiger partial charge in [-0.15, -0.1) is 0 Å². The molecule has 122 valence electrons. The zero-order chi connectivity index (χ0) is 16.2. The molecule has 0 aliphatic heterocycles. The average Bonchev–Trinajstić information content (AvgIpc) is 3.24. The molecule has 1 aromatic carbocycles. The molecule has 0 bridgehead atoms. The van der Waals surface area contributed by atoms with Crippen molar-refractivity contribution in [3.05, 3.63) is 30.0 Å². The number of H-pyrrole nitrogens is 1. The summed E-state index contributed by atoms with van der Waals surface area (Å²) in [5.74, 6) is 1.06. The summed E-state index contributed by atoms with van der Waals surface area (Å²) in [6.07, 6.45) is 5.07. The van der Waals surface area contributed by atoms with Crippen molar-refractivity contribution in [2.45, 2.75) is 39.0 Å². The van der Waals surface area contributed by atoms with Crippen LogP contribution in [-0.4, -0.2) is 23.2 Å². The molecular weight excluding hydrogens is 290 g/mol. The molecule has 1 amide bonds. The van der Waals surface area contributed by atoms with Gasteiger partial charge in [-0.25, -0.2) is 0 Å². The van der Waals surface area contributed by atoms with Crippen molar-refractivity contribution in [2.75, 3.05) is 12.4 Å². The van der Waals surface area contributed by atoms with Crippen LogP contribution in [0.4, 0.5) is 5.69 Å². The number of benzene rings is 1. The van der Waals surface area contributed by atoms with Crippen LogP contribution < -0.4 is 10.1 Å². The number of ether oxygens (including phenoxy) is 1. The Morgan fingerprint density at radius 2 is 2.00 bits per heavy atom. The van der Waals surface area contributed by atoms with Gasteiger partial charge in [0.05, 0.1) is 18.5 Å². The van der Waals surface area contributed by atoms with Crippen LogP contribution in [0.5, 0.6) is 5.75 Å². The quantitative estimate of drug-likeness (QED) is 0.883. The van der Waals surface area contributed by atoms with E-state index in [2.05, 4.69) is 22.4 Å². The van der Waals surface area contributed by atoms with Gasteiger partial charge in [0.1, 0.15) is 11.4 Å². The van der Waals surface area contributed by atoms with Crippen molar-refractivity contribution in [3.8, 4) is 17.0 Å². The lowest BCUT2D eigenvalue weighted by molar-refractivity contribution is -0.119. The molecule has 1 aliphatic rings. The molecule has 23 heavy (non-hydrogen) atoms. The van der Waals surface area contributed by atoms with Gasteiger partial charge in [0.25, 0.3) is 0 Å². The maximum atomic E-state index is 12.5. The lowest BCUT2D eigenvalue weighted by atomic mass is 10.1. The molecule has 1 aromatic heterocycles. The standard InChI is InChI=1S/C18H23N3O2/c1-3-15-17(19-18(22)13-6-4-5-7-13)16(21-20-15)12-8-10-14(23-2)11-9-12/h8-11,13H,3-7H2,1-2H3,(H,19,22)(H,20,21). The SMILES string of the molecule is CCc1[nH]nc(-c2ccc(OC)cc2)c1NC(=O)C1CCCC1. The van der Waals surface area contributed by atoms with E-state index in [1.807, 2.05) is 24.3 Å². The molecule has 5 heteroatoms. The number of amides is 1. The van der Waals surface area contributed by atoms with Gasteiger partial charge in [-0.1, -0.05) is 19.8 Å². The Kier molecular flexibility index (Phi) is 4.65. The van der Waals surface area contributed by atoms with E-state index in [0.717, 1.165) is 60.5 Å². The van der Waals surface area contributed by atoms with Crippen molar-refractivity contribution in [1.82, 2.24) is 10.2 Å². The Morgan fingerprint density at radius 1 is 1.30 bits per heavy atom. The number of rotatable bonds is 5. The molecule has 0 radical (unpaired) electrons. The maximum absolute atomic E-state index is 12.5. The molecule has 1 saturated carbocycles. The molecule has 2 N–H and O–H groups in total. The first-order valence-corrected chi connectivity index (χ1v) is 8.25. The number of nitrogens with one attached hydrogen (secondary N) is 2. The van der Waals surface area contributed by atoms with Crippen LogP contribution in [-0.2, 0) is 11.2 Å². The molecule has 1 aliphatic carbocycles. The summed E-state index contributed by atoms with van der Waals surface area (Å²) >= 11 is 0. The number of aromatic nitrogens is 2. The Hall–Kier alpha value is -2.30. The number of aromatic amines is 1. The van der Waals surface area contributed by atoms with Gasteiger partial charge in [-0.05, 0) is 43.5 Å². The summed E-state index contributed by atoms with van der Waals surface area (Å²) in [6.45, 7) is 2.05. The van der Waals surface area contributed by atoms with Gasteiger partial charge < -0.3 is 10.1 Å². The molecule has 1 fully saturated rings. The van der Waals surface area contributed by atoms with E-state index in [1.54, 1.807) is 7.11 Å². The zero-order valence-electron chi connectivity index (χ0n) is 13.7. The van der Waals surface area contributed by atoms with Gasteiger partial charge in [-0.3, -0.25) is 9.89 Å². The van der Waals surface area contributed by atoms with Crippen molar-refractivity contribution in [1.29, 1.82) is 0 Å². The lowest BCUT2D eigenvalue weighted by Crippen LogP contribution is -2.21. The number of carbonyl (C=O) groups is 1. The first kappa shape index (κ1) is 15.6. The van der Waals surface area contributed by atoms with Crippen molar-refractivity contribution < 1.29 is 9.53 Å². The highest BCUT2D eigenvalue weighted by atomic mass is 16.5. The fourth-order valence-electron chi connectivity index (χ4n) is 3.14. The van der Waals surface area contributed by atoms with Crippen LogP contribution in [0.1, 0.15) is 38.3 Å².